The van der Waals surface area contributed by atoms with E-state index in [0.717, 1.165) is 26.7 Å². The molecule has 0 radical (unpaired) electrons. The average Bonchev–Trinajstić information content (AvgIpc) is 3.52. The maximum atomic E-state index is 11.9. The molecule has 1 fully saturated rings. The third-order valence-corrected chi connectivity index (χ3v) is 5.66. The van der Waals surface area contributed by atoms with Gasteiger partial charge in [0, 0.05) is 21.5 Å². The molecule has 7 heteroatoms. The van der Waals surface area contributed by atoms with Crippen molar-refractivity contribution in [3.05, 3.63) is 46.6 Å². The van der Waals surface area contributed by atoms with Gasteiger partial charge in [-0.25, -0.2) is 0 Å². The number of amides is 1. The van der Waals surface area contributed by atoms with Gasteiger partial charge in [-0.3, -0.25) is 4.79 Å². The fraction of sp³-hybridized carbons (Fsp3) is 0.286. The zero-order chi connectivity index (χ0) is 19.8. The van der Waals surface area contributed by atoms with Crippen LogP contribution in [0.25, 0.3) is 22.0 Å². The highest BCUT2D eigenvalue weighted by atomic mass is 79.9. The monoisotopic (exact) mass is 440 g/mol. The van der Waals surface area contributed by atoms with Gasteiger partial charge in [0.05, 0.1) is 18.3 Å². The molecule has 144 valence electrons. The van der Waals surface area contributed by atoms with Crippen molar-refractivity contribution in [2.45, 2.75) is 25.8 Å². The summed E-state index contributed by atoms with van der Waals surface area (Å²) in [5.41, 5.74) is 8.98. The van der Waals surface area contributed by atoms with Crippen molar-refractivity contribution in [2.24, 2.45) is 11.7 Å². The molecule has 1 aliphatic rings. The van der Waals surface area contributed by atoms with E-state index in [2.05, 4.69) is 38.4 Å². The van der Waals surface area contributed by atoms with Gasteiger partial charge in [-0.05, 0) is 61.6 Å². The predicted octanol–water partition coefficient (Wildman–Crippen LogP) is 4.38. The molecule has 28 heavy (non-hydrogen) atoms. The van der Waals surface area contributed by atoms with Gasteiger partial charge in [0.1, 0.15) is 5.75 Å². The fourth-order valence-electron chi connectivity index (χ4n) is 3.44. The van der Waals surface area contributed by atoms with Gasteiger partial charge < -0.3 is 15.8 Å². The fourth-order valence-corrected chi connectivity index (χ4v) is 3.78. The number of carbonyl (C=O) groups excluding carboxylic acids is 1. The number of hydrogen-bond acceptors (Lipinski definition) is 5. The SMILES string of the molecule is COc1cc(Br)ccc1-c1ccc2c(NC(C)C3CC3)c(C(N)=O)nnc2c1. The van der Waals surface area contributed by atoms with Crippen molar-refractivity contribution in [2.75, 3.05) is 12.4 Å². The topological polar surface area (TPSA) is 90.1 Å². The zero-order valence-electron chi connectivity index (χ0n) is 15.7. The maximum absolute atomic E-state index is 11.9. The van der Waals surface area contributed by atoms with Crippen LogP contribution < -0.4 is 15.8 Å². The van der Waals surface area contributed by atoms with E-state index in [1.165, 1.54) is 12.8 Å². The van der Waals surface area contributed by atoms with E-state index in [9.17, 15) is 4.79 Å². The van der Waals surface area contributed by atoms with Crippen molar-refractivity contribution in [1.82, 2.24) is 10.2 Å². The van der Waals surface area contributed by atoms with Crippen LogP contribution in [0.5, 0.6) is 5.75 Å². The minimum Gasteiger partial charge on any atom is -0.496 e. The summed E-state index contributed by atoms with van der Waals surface area (Å²) >= 11 is 3.47. The van der Waals surface area contributed by atoms with E-state index in [1.54, 1.807) is 7.11 Å². The summed E-state index contributed by atoms with van der Waals surface area (Å²) in [5, 5.41) is 12.6. The lowest BCUT2D eigenvalue weighted by atomic mass is 10.0. The minimum absolute atomic E-state index is 0.175. The number of fused-ring (bicyclic) bond motifs is 1. The lowest BCUT2D eigenvalue weighted by Gasteiger charge is -2.18. The van der Waals surface area contributed by atoms with E-state index in [1.807, 2.05) is 36.4 Å². The highest BCUT2D eigenvalue weighted by Crippen LogP contribution is 2.37. The van der Waals surface area contributed by atoms with Crippen molar-refractivity contribution in [3.8, 4) is 16.9 Å². The quantitative estimate of drug-likeness (QED) is 0.593. The maximum Gasteiger partial charge on any atom is 0.271 e. The number of methoxy groups -OCH3 is 1. The van der Waals surface area contributed by atoms with Crippen LogP contribution in [0.1, 0.15) is 30.3 Å². The van der Waals surface area contributed by atoms with Crippen molar-refractivity contribution >= 4 is 38.4 Å². The second-order valence-electron chi connectivity index (χ2n) is 7.13. The molecule has 0 spiro atoms. The first-order valence-electron chi connectivity index (χ1n) is 9.18. The van der Waals surface area contributed by atoms with E-state index >= 15 is 0 Å². The van der Waals surface area contributed by atoms with Crippen LogP contribution in [-0.4, -0.2) is 29.3 Å². The molecule has 0 aliphatic heterocycles. The van der Waals surface area contributed by atoms with Gasteiger partial charge in [-0.1, -0.05) is 22.0 Å². The molecule has 2 aromatic carbocycles. The van der Waals surface area contributed by atoms with Crippen molar-refractivity contribution in [3.63, 3.8) is 0 Å². The third kappa shape index (κ3) is 3.54. The number of aromatic nitrogens is 2. The molecular weight excluding hydrogens is 420 g/mol. The molecule has 1 amide bonds. The first-order valence-corrected chi connectivity index (χ1v) is 9.98. The molecule has 1 aromatic heterocycles. The van der Waals surface area contributed by atoms with Gasteiger partial charge in [0.25, 0.3) is 5.91 Å². The van der Waals surface area contributed by atoms with Gasteiger partial charge >= 0.3 is 0 Å². The van der Waals surface area contributed by atoms with Gasteiger partial charge in [0.15, 0.2) is 5.69 Å². The molecule has 1 atom stereocenters. The number of anilines is 1. The van der Waals surface area contributed by atoms with Crippen LogP contribution in [0.3, 0.4) is 0 Å². The highest BCUT2D eigenvalue weighted by Gasteiger charge is 2.29. The normalized spacial score (nSPS) is 14.7. The number of primary amides is 1. The van der Waals surface area contributed by atoms with Crippen LogP contribution in [-0.2, 0) is 0 Å². The number of ether oxygens (including phenoxy) is 1. The second-order valence-corrected chi connectivity index (χ2v) is 8.05. The van der Waals surface area contributed by atoms with E-state index < -0.39 is 5.91 Å². The molecule has 6 nitrogen and oxygen atoms in total. The van der Waals surface area contributed by atoms with Crippen LogP contribution in [0.15, 0.2) is 40.9 Å². The number of hydrogen-bond donors (Lipinski definition) is 2. The summed E-state index contributed by atoms with van der Waals surface area (Å²) in [7, 11) is 1.65. The Bertz CT molecular complexity index is 1070. The molecule has 4 rings (SSSR count). The average molecular weight is 441 g/mol. The lowest BCUT2D eigenvalue weighted by Crippen LogP contribution is -2.23. The summed E-state index contributed by atoms with van der Waals surface area (Å²) in [6.45, 7) is 2.12. The van der Waals surface area contributed by atoms with Crippen LogP contribution in [0.2, 0.25) is 0 Å². The Labute approximate surface area is 171 Å². The zero-order valence-corrected chi connectivity index (χ0v) is 17.3. The Hall–Kier alpha value is -2.67. The Balaban J connectivity index is 1.82. The minimum atomic E-state index is -0.585. The Morgan fingerprint density at radius 3 is 2.71 bits per heavy atom. The molecule has 1 unspecified atom stereocenters. The number of rotatable bonds is 6. The molecule has 0 bridgehead atoms. The number of nitrogens with two attached hydrogens (primary N) is 1. The molecule has 1 aliphatic carbocycles. The molecule has 0 saturated heterocycles. The molecule has 3 N–H and O–H groups in total. The lowest BCUT2D eigenvalue weighted by molar-refractivity contribution is 0.0995. The van der Waals surface area contributed by atoms with Gasteiger partial charge in [-0.2, -0.15) is 0 Å². The van der Waals surface area contributed by atoms with Gasteiger partial charge in [-0.15, -0.1) is 10.2 Å². The predicted molar refractivity (Wildman–Crippen MR) is 114 cm³/mol. The standard InChI is InChI=1S/C21H21BrN4O2/c1-11(12-3-4-12)24-19-16-7-5-13(9-17(16)25-26-20(19)21(23)27)15-8-6-14(22)10-18(15)28-2/h5-12H,3-4H2,1-2H3,(H2,23,27)(H,24,25). The summed E-state index contributed by atoms with van der Waals surface area (Å²) < 4.78 is 6.46. The number of nitrogens with one attached hydrogen (secondary N) is 1. The summed E-state index contributed by atoms with van der Waals surface area (Å²) in [6, 6.07) is 12.0. The summed E-state index contributed by atoms with van der Waals surface area (Å²) in [6.07, 6.45) is 2.40. The highest BCUT2D eigenvalue weighted by molar-refractivity contribution is 9.10. The van der Waals surface area contributed by atoms with E-state index in [4.69, 9.17) is 10.5 Å². The van der Waals surface area contributed by atoms with Crippen LogP contribution in [0.4, 0.5) is 5.69 Å². The Kier molecular flexibility index (Phi) is 4.93. The number of carbonyl (C=O) groups is 1. The summed E-state index contributed by atoms with van der Waals surface area (Å²) in [4.78, 5) is 11.9. The van der Waals surface area contributed by atoms with Crippen molar-refractivity contribution in [1.29, 1.82) is 0 Å². The molecule has 1 saturated carbocycles. The molecule has 1 heterocycles. The Morgan fingerprint density at radius 1 is 1.25 bits per heavy atom. The van der Waals surface area contributed by atoms with Gasteiger partial charge in [0.2, 0.25) is 0 Å². The smallest absolute Gasteiger partial charge is 0.271 e. The number of halogens is 1. The van der Waals surface area contributed by atoms with Crippen LogP contribution in [0, 0.1) is 5.92 Å². The van der Waals surface area contributed by atoms with Crippen LogP contribution >= 0.6 is 15.9 Å². The summed E-state index contributed by atoms with van der Waals surface area (Å²) in [5.74, 6) is 0.796. The van der Waals surface area contributed by atoms with E-state index in [0.29, 0.717) is 17.1 Å². The van der Waals surface area contributed by atoms with Crippen molar-refractivity contribution < 1.29 is 9.53 Å². The molecule has 3 aromatic rings. The molecular formula is C21H21BrN4O2. The second kappa shape index (κ2) is 7.39. The number of benzene rings is 2. The first-order chi connectivity index (χ1) is 13.5. The third-order valence-electron chi connectivity index (χ3n) is 5.17. The Morgan fingerprint density at radius 2 is 2.04 bits per heavy atom. The first kappa shape index (κ1) is 18.7. The van der Waals surface area contributed by atoms with E-state index in [-0.39, 0.29) is 11.7 Å². The largest absolute Gasteiger partial charge is 0.496 e. The number of nitrogens with zero attached hydrogens (tertiary/aromatic N) is 2.